The van der Waals surface area contributed by atoms with Crippen LogP contribution in [0.25, 0.3) is 0 Å². The molecule has 0 radical (unpaired) electrons. The van der Waals surface area contributed by atoms with E-state index in [0.29, 0.717) is 12.1 Å². The maximum absolute atomic E-state index is 13.8. The lowest BCUT2D eigenvalue weighted by Gasteiger charge is -2.19. The average Bonchev–Trinajstić information content (AvgIpc) is 2.31. The van der Waals surface area contributed by atoms with Crippen molar-refractivity contribution >= 4 is 5.91 Å². The Kier molecular flexibility index (Phi) is 4.81. The normalized spacial score (nSPS) is 10.2. The number of carbonyl (C=O) groups is 1. The zero-order valence-electron chi connectivity index (χ0n) is 10.8. The zero-order valence-corrected chi connectivity index (χ0v) is 10.8. The molecule has 96 valence electrons. The summed E-state index contributed by atoms with van der Waals surface area (Å²) in [6, 6.07) is 6.49. The van der Waals surface area contributed by atoms with Crippen molar-refractivity contribution in [2.75, 3.05) is 27.7 Å². The van der Waals surface area contributed by atoms with Crippen molar-refractivity contribution in [3.05, 3.63) is 35.1 Å². The fourth-order valence-electron chi connectivity index (χ4n) is 1.51. The van der Waals surface area contributed by atoms with Crippen LogP contribution >= 0.6 is 0 Å². The molecule has 0 aliphatic heterocycles. The summed E-state index contributed by atoms with van der Waals surface area (Å²) in [5, 5.41) is 8.73. The molecule has 0 saturated carbocycles. The van der Waals surface area contributed by atoms with Crippen molar-refractivity contribution in [2.45, 2.75) is 6.54 Å². The molecule has 1 aromatic rings. The predicted octanol–water partition coefficient (Wildman–Crippen LogP) is 1.22. The van der Waals surface area contributed by atoms with Gasteiger partial charge in [0.2, 0.25) is 5.91 Å². The van der Waals surface area contributed by atoms with E-state index in [1.54, 1.807) is 44.2 Å². The summed E-state index contributed by atoms with van der Waals surface area (Å²) in [5.41, 5.74) is 0.447. The van der Waals surface area contributed by atoms with E-state index in [0.717, 1.165) is 0 Å². The Labute approximate surface area is 106 Å². The Balaban J connectivity index is 2.74. The topological polar surface area (TPSA) is 47.3 Å². The van der Waals surface area contributed by atoms with E-state index < -0.39 is 5.82 Å². The van der Waals surface area contributed by atoms with Crippen LogP contribution in [-0.4, -0.2) is 43.4 Å². The van der Waals surface area contributed by atoms with Gasteiger partial charge in [0.15, 0.2) is 0 Å². The second-order valence-electron chi connectivity index (χ2n) is 4.35. The third kappa shape index (κ3) is 3.54. The molecule has 0 saturated heterocycles. The quantitative estimate of drug-likeness (QED) is 0.806. The fraction of sp³-hybridized carbons (Fsp3) is 0.385. The molecular weight excluding hydrogens is 233 g/mol. The van der Waals surface area contributed by atoms with Crippen LogP contribution in [0.4, 0.5) is 4.39 Å². The first-order valence-electron chi connectivity index (χ1n) is 5.52. The molecule has 1 amide bonds. The summed E-state index contributed by atoms with van der Waals surface area (Å²) in [4.78, 5) is 14.7. The number of amides is 1. The molecule has 0 aliphatic rings. The van der Waals surface area contributed by atoms with Crippen LogP contribution < -0.4 is 0 Å². The minimum absolute atomic E-state index is 0.0276. The SMILES string of the molecule is CN(CC(=O)N(C)C)Cc1cccc(C#N)c1F. The maximum Gasteiger partial charge on any atom is 0.236 e. The highest BCUT2D eigenvalue weighted by atomic mass is 19.1. The summed E-state index contributed by atoms with van der Waals surface area (Å²) in [6.45, 7) is 0.504. The van der Waals surface area contributed by atoms with Crippen molar-refractivity contribution in [3.8, 4) is 6.07 Å². The van der Waals surface area contributed by atoms with Gasteiger partial charge in [-0.05, 0) is 13.1 Å². The van der Waals surface area contributed by atoms with Crippen molar-refractivity contribution in [2.24, 2.45) is 0 Å². The first-order chi connectivity index (χ1) is 8.45. The predicted molar refractivity (Wildman–Crippen MR) is 66.1 cm³/mol. The highest BCUT2D eigenvalue weighted by molar-refractivity contribution is 5.77. The van der Waals surface area contributed by atoms with Gasteiger partial charge in [0.25, 0.3) is 0 Å². The van der Waals surface area contributed by atoms with E-state index in [1.165, 1.54) is 11.0 Å². The van der Waals surface area contributed by atoms with E-state index in [2.05, 4.69) is 0 Å². The van der Waals surface area contributed by atoms with Crippen LogP contribution in [-0.2, 0) is 11.3 Å². The largest absolute Gasteiger partial charge is 0.348 e. The molecule has 1 rings (SSSR count). The minimum atomic E-state index is -0.510. The number of hydrogen-bond acceptors (Lipinski definition) is 3. The van der Waals surface area contributed by atoms with E-state index in [1.807, 2.05) is 0 Å². The number of nitrogens with zero attached hydrogens (tertiary/aromatic N) is 3. The third-order valence-corrected chi connectivity index (χ3v) is 2.54. The molecule has 0 bridgehead atoms. The number of halogens is 1. The number of carbonyl (C=O) groups excluding carboxylic acids is 1. The molecule has 18 heavy (non-hydrogen) atoms. The Morgan fingerprint density at radius 3 is 2.61 bits per heavy atom. The third-order valence-electron chi connectivity index (χ3n) is 2.54. The second-order valence-corrected chi connectivity index (χ2v) is 4.35. The first kappa shape index (κ1) is 14.1. The van der Waals surface area contributed by atoms with Crippen molar-refractivity contribution in [1.29, 1.82) is 5.26 Å². The highest BCUT2D eigenvalue weighted by Gasteiger charge is 2.12. The van der Waals surface area contributed by atoms with Gasteiger partial charge in [0.1, 0.15) is 11.9 Å². The van der Waals surface area contributed by atoms with Crippen LogP contribution in [0.2, 0.25) is 0 Å². The monoisotopic (exact) mass is 249 g/mol. The molecule has 0 heterocycles. The lowest BCUT2D eigenvalue weighted by molar-refractivity contribution is -0.129. The van der Waals surface area contributed by atoms with Crippen LogP contribution in [0, 0.1) is 17.1 Å². The molecular formula is C13H16FN3O. The summed E-state index contributed by atoms with van der Waals surface area (Å²) >= 11 is 0. The van der Waals surface area contributed by atoms with Crippen molar-refractivity contribution < 1.29 is 9.18 Å². The summed E-state index contributed by atoms with van der Waals surface area (Å²) in [6.07, 6.45) is 0. The van der Waals surface area contributed by atoms with Gasteiger partial charge in [-0.25, -0.2) is 4.39 Å². The van der Waals surface area contributed by atoms with Crippen LogP contribution in [0.3, 0.4) is 0 Å². The van der Waals surface area contributed by atoms with E-state index in [9.17, 15) is 9.18 Å². The van der Waals surface area contributed by atoms with Gasteiger partial charge >= 0.3 is 0 Å². The first-order valence-corrected chi connectivity index (χ1v) is 5.52. The fourth-order valence-corrected chi connectivity index (χ4v) is 1.51. The van der Waals surface area contributed by atoms with Gasteiger partial charge in [-0.3, -0.25) is 9.69 Å². The molecule has 0 spiro atoms. The summed E-state index contributed by atoms with van der Waals surface area (Å²) in [5.74, 6) is -0.557. The van der Waals surface area contributed by atoms with Crippen LogP contribution in [0.15, 0.2) is 18.2 Å². The Morgan fingerprint density at radius 1 is 1.39 bits per heavy atom. The number of hydrogen-bond donors (Lipinski definition) is 0. The minimum Gasteiger partial charge on any atom is -0.348 e. The van der Waals surface area contributed by atoms with Crippen molar-refractivity contribution in [3.63, 3.8) is 0 Å². The Morgan fingerprint density at radius 2 is 2.06 bits per heavy atom. The highest BCUT2D eigenvalue weighted by Crippen LogP contribution is 2.13. The molecule has 5 heteroatoms. The lowest BCUT2D eigenvalue weighted by Crippen LogP contribution is -2.34. The summed E-state index contributed by atoms with van der Waals surface area (Å²) < 4.78 is 13.8. The molecule has 0 N–H and O–H groups in total. The van der Waals surface area contributed by atoms with Gasteiger partial charge in [-0.2, -0.15) is 5.26 Å². The second kappa shape index (κ2) is 6.12. The summed E-state index contributed by atoms with van der Waals surface area (Å²) in [7, 11) is 5.08. The maximum atomic E-state index is 13.8. The molecule has 0 unspecified atom stereocenters. The van der Waals surface area contributed by atoms with Gasteiger partial charge in [0, 0.05) is 26.2 Å². The Hall–Kier alpha value is -1.93. The standard InChI is InChI=1S/C13H16FN3O/c1-16(2)12(18)9-17(3)8-11-6-4-5-10(7-15)13(11)14/h4-6H,8-9H2,1-3H3. The molecule has 4 nitrogen and oxygen atoms in total. The van der Waals surface area contributed by atoms with Crippen molar-refractivity contribution in [1.82, 2.24) is 9.80 Å². The molecule has 0 atom stereocenters. The Bertz CT molecular complexity index is 480. The van der Waals surface area contributed by atoms with Gasteiger partial charge < -0.3 is 4.90 Å². The lowest BCUT2D eigenvalue weighted by atomic mass is 10.1. The number of benzene rings is 1. The van der Waals surface area contributed by atoms with Crippen LogP contribution in [0.1, 0.15) is 11.1 Å². The zero-order chi connectivity index (χ0) is 13.7. The number of likely N-dealkylation sites (N-methyl/N-ethyl adjacent to an activating group) is 2. The average molecular weight is 249 g/mol. The smallest absolute Gasteiger partial charge is 0.236 e. The van der Waals surface area contributed by atoms with Gasteiger partial charge in [-0.1, -0.05) is 12.1 Å². The molecule has 0 aliphatic carbocycles. The molecule has 1 aromatic carbocycles. The van der Waals surface area contributed by atoms with E-state index in [4.69, 9.17) is 5.26 Å². The number of nitriles is 1. The molecule has 0 aromatic heterocycles. The van der Waals surface area contributed by atoms with Crippen LogP contribution in [0.5, 0.6) is 0 Å². The number of rotatable bonds is 4. The van der Waals surface area contributed by atoms with Gasteiger partial charge in [0.05, 0.1) is 12.1 Å². The van der Waals surface area contributed by atoms with Gasteiger partial charge in [-0.15, -0.1) is 0 Å². The van der Waals surface area contributed by atoms with E-state index >= 15 is 0 Å². The van der Waals surface area contributed by atoms with E-state index in [-0.39, 0.29) is 18.0 Å². The molecule has 0 fully saturated rings.